The van der Waals surface area contributed by atoms with Crippen molar-refractivity contribution in [2.45, 2.75) is 6.42 Å². The topological polar surface area (TPSA) is 43.4 Å². The fourth-order valence-electron chi connectivity index (χ4n) is 1.93. The lowest BCUT2D eigenvalue weighted by molar-refractivity contribution is 0.318. The zero-order chi connectivity index (χ0) is 14.4. The minimum Gasteiger partial charge on any atom is -0.494 e. The molecule has 0 saturated heterocycles. The first-order valence-electron chi connectivity index (χ1n) is 6.36. The number of hydrogen-bond acceptors (Lipinski definition) is 3. The maximum Gasteiger partial charge on any atom is 0.161 e. The van der Waals surface area contributed by atoms with Gasteiger partial charge in [0.15, 0.2) is 9.84 Å². The Kier molecular flexibility index (Phi) is 4.65. The highest BCUT2D eigenvalue weighted by molar-refractivity contribution is 7.91. The highest BCUT2D eigenvalue weighted by Crippen LogP contribution is 2.20. The number of terminal acetylenes is 1. The average molecular weight is 288 g/mol. The maximum absolute atomic E-state index is 11.4. The zero-order valence-corrected chi connectivity index (χ0v) is 11.9. The molecule has 2 aromatic carbocycles. The van der Waals surface area contributed by atoms with Crippen molar-refractivity contribution < 1.29 is 13.2 Å². The van der Waals surface area contributed by atoms with Gasteiger partial charge in [0, 0.05) is 0 Å². The summed E-state index contributed by atoms with van der Waals surface area (Å²) in [4.78, 5) is 0. The van der Waals surface area contributed by atoms with Crippen LogP contribution in [0, 0.1) is 12.3 Å². The SMILES string of the molecule is C#CCS(=O)(=O)CCCOc1ccc2ccccc2c1. The number of benzene rings is 2. The molecule has 3 nitrogen and oxygen atoms in total. The summed E-state index contributed by atoms with van der Waals surface area (Å²) < 4.78 is 28.4. The number of fused-ring (bicyclic) bond motifs is 1. The largest absolute Gasteiger partial charge is 0.494 e. The normalized spacial score (nSPS) is 11.2. The molecule has 0 aliphatic carbocycles. The van der Waals surface area contributed by atoms with Gasteiger partial charge in [0.05, 0.1) is 12.4 Å². The summed E-state index contributed by atoms with van der Waals surface area (Å²) in [6.45, 7) is 0.363. The highest BCUT2D eigenvalue weighted by atomic mass is 32.2. The third kappa shape index (κ3) is 4.01. The Morgan fingerprint density at radius 3 is 2.60 bits per heavy atom. The van der Waals surface area contributed by atoms with Gasteiger partial charge in [0.1, 0.15) is 11.5 Å². The average Bonchev–Trinajstić information content (AvgIpc) is 2.43. The van der Waals surface area contributed by atoms with E-state index < -0.39 is 9.84 Å². The van der Waals surface area contributed by atoms with Crippen LogP contribution in [-0.4, -0.2) is 26.5 Å². The summed E-state index contributed by atoms with van der Waals surface area (Å²) in [6, 6.07) is 13.8. The Balaban J connectivity index is 1.89. The maximum atomic E-state index is 11.4. The molecule has 0 aliphatic heterocycles. The van der Waals surface area contributed by atoms with E-state index >= 15 is 0 Å². The van der Waals surface area contributed by atoms with Gasteiger partial charge in [-0.1, -0.05) is 36.3 Å². The summed E-state index contributed by atoms with van der Waals surface area (Å²) in [6.07, 6.45) is 5.44. The predicted molar refractivity (Wildman–Crippen MR) is 81.5 cm³/mol. The summed E-state index contributed by atoms with van der Waals surface area (Å²) >= 11 is 0. The molecular weight excluding hydrogens is 272 g/mol. The molecule has 104 valence electrons. The standard InChI is InChI=1S/C16H16O3S/c1-2-11-20(17,18)12-5-10-19-16-9-8-14-6-3-4-7-15(14)13-16/h1,3-4,6-9,13H,5,10-12H2. The Morgan fingerprint density at radius 2 is 1.85 bits per heavy atom. The molecule has 0 radical (unpaired) electrons. The van der Waals surface area contributed by atoms with Gasteiger partial charge in [0.25, 0.3) is 0 Å². The quantitative estimate of drug-likeness (QED) is 0.606. The molecule has 2 rings (SSSR count). The van der Waals surface area contributed by atoms with Gasteiger partial charge in [-0.25, -0.2) is 8.42 Å². The monoisotopic (exact) mass is 288 g/mol. The third-order valence-electron chi connectivity index (χ3n) is 2.89. The second-order valence-corrected chi connectivity index (χ2v) is 6.69. The Labute approximate surface area is 119 Å². The van der Waals surface area contributed by atoms with E-state index in [0.717, 1.165) is 16.5 Å². The highest BCUT2D eigenvalue weighted by Gasteiger charge is 2.08. The van der Waals surface area contributed by atoms with Crippen molar-refractivity contribution in [1.82, 2.24) is 0 Å². The molecule has 0 heterocycles. The van der Waals surface area contributed by atoms with Gasteiger partial charge in [0.2, 0.25) is 0 Å². The van der Waals surface area contributed by atoms with Gasteiger partial charge in [-0.05, 0) is 29.3 Å². The van der Waals surface area contributed by atoms with E-state index in [1.807, 2.05) is 42.5 Å². The minimum atomic E-state index is -3.14. The lowest BCUT2D eigenvalue weighted by Crippen LogP contribution is -2.12. The summed E-state index contributed by atoms with van der Waals surface area (Å²) in [5.74, 6) is 2.76. The summed E-state index contributed by atoms with van der Waals surface area (Å²) in [5.41, 5.74) is 0. The lowest BCUT2D eigenvalue weighted by Gasteiger charge is -2.07. The first-order valence-corrected chi connectivity index (χ1v) is 8.18. The summed E-state index contributed by atoms with van der Waals surface area (Å²) in [7, 11) is -3.14. The van der Waals surface area contributed by atoms with Crippen LogP contribution in [-0.2, 0) is 9.84 Å². The van der Waals surface area contributed by atoms with Crippen molar-refractivity contribution in [3.63, 3.8) is 0 Å². The van der Waals surface area contributed by atoms with Crippen LogP contribution in [0.4, 0.5) is 0 Å². The minimum absolute atomic E-state index is 0.0603. The smallest absolute Gasteiger partial charge is 0.161 e. The van der Waals surface area contributed by atoms with Crippen molar-refractivity contribution in [3.05, 3.63) is 42.5 Å². The van der Waals surface area contributed by atoms with Crippen molar-refractivity contribution in [2.24, 2.45) is 0 Å². The number of hydrogen-bond donors (Lipinski definition) is 0. The third-order valence-corrected chi connectivity index (χ3v) is 4.41. The second kappa shape index (κ2) is 6.44. The van der Waals surface area contributed by atoms with E-state index in [2.05, 4.69) is 5.92 Å². The zero-order valence-electron chi connectivity index (χ0n) is 11.1. The molecule has 0 saturated carbocycles. The number of rotatable bonds is 6. The molecule has 0 spiro atoms. The Bertz CT molecular complexity index is 727. The van der Waals surface area contributed by atoms with Crippen LogP contribution in [0.5, 0.6) is 5.75 Å². The van der Waals surface area contributed by atoms with Crippen molar-refractivity contribution in [2.75, 3.05) is 18.1 Å². The van der Waals surface area contributed by atoms with Crippen molar-refractivity contribution >= 4 is 20.6 Å². The van der Waals surface area contributed by atoms with E-state index in [1.165, 1.54) is 0 Å². The summed E-state index contributed by atoms with van der Waals surface area (Å²) in [5, 5.41) is 2.25. The van der Waals surface area contributed by atoms with Crippen LogP contribution in [0.3, 0.4) is 0 Å². The molecular formula is C16H16O3S. The van der Waals surface area contributed by atoms with E-state index in [9.17, 15) is 8.42 Å². The van der Waals surface area contributed by atoms with Gasteiger partial charge in [-0.15, -0.1) is 6.42 Å². The molecule has 0 unspecified atom stereocenters. The molecule has 0 aromatic heterocycles. The Hall–Kier alpha value is -1.99. The van der Waals surface area contributed by atoms with Gasteiger partial charge in [-0.2, -0.15) is 0 Å². The molecule has 0 fully saturated rings. The first-order chi connectivity index (χ1) is 9.61. The molecule has 0 aliphatic rings. The number of sulfone groups is 1. The lowest BCUT2D eigenvalue weighted by atomic mass is 10.1. The molecule has 0 bridgehead atoms. The van der Waals surface area contributed by atoms with Crippen LogP contribution in [0.1, 0.15) is 6.42 Å². The van der Waals surface area contributed by atoms with E-state index in [-0.39, 0.29) is 11.5 Å². The van der Waals surface area contributed by atoms with Crippen molar-refractivity contribution in [1.29, 1.82) is 0 Å². The molecule has 20 heavy (non-hydrogen) atoms. The van der Waals surface area contributed by atoms with Gasteiger partial charge >= 0.3 is 0 Å². The molecule has 0 amide bonds. The Morgan fingerprint density at radius 1 is 1.10 bits per heavy atom. The van der Waals surface area contributed by atoms with E-state index in [0.29, 0.717) is 13.0 Å². The van der Waals surface area contributed by atoms with E-state index in [1.54, 1.807) is 0 Å². The fraction of sp³-hybridized carbons (Fsp3) is 0.250. The second-order valence-electron chi connectivity index (χ2n) is 4.51. The fourth-order valence-corrected chi connectivity index (χ4v) is 2.88. The van der Waals surface area contributed by atoms with Crippen LogP contribution in [0.2, 0.25) is 0 Å². The molecule has 0 N–H and O–H groups in total. The van der Waals surface area contributed by atoms with E-state index in [4.69, 9.17) is 11.2 Å². The van der Waals surface area contributed by atoms with Crippen LogP contribution < -0.4 is 4.74 Å². The first kappa shape index (κ1) is 14.4. The van der Waals surface area contributed by atoms with Crippen LogP contribution in [0.15, 0.2) is 42.5 Å². The van der Waals surface area contributed by atoms with Crippen molar-refractivity contribution in [3.8, 4) is 18.1 Å². The molecule has 2 aromatic rings. The van der Waals surface area contributed by atoms with Gasteiger partial charge in [-0.3, -0.25) is 0 Å². The van der Waals surface area contributed by atoms with Crippen LogP contribution in [0.25, 0.3) is 10.8 Å². The molecule has 0 atom stereocenters. The predicted octanol–water partition coefficient (Wildman–Crippen LogP) is 2.66. The van der Waals surface area contributed by atoms with Crippen LogP contribution >= 0.6 is 0 Å². The number of ether oxygens (including phenoxy) is 1. The van der Waals surface area contributed by atoms with Gasteiger partial charge < -0.3 is 4.74 Å². The molecule has 4 heteroatoms.